The minimum atomic E-state index is -4.33. The minimum Gasteiger partial charge on any atom is -0.370 e. The van der Waals surface area contributed by atoms with Crippen LogP contribution < -0.4 is 0 Å². The molecule has 0 aromatic carbocycles. The monoisotopic (exact) mass is 292 g/mol. The maximum absolute atomic E-state index is 10.2. The second kappa shape index (κ2) is 12.5. The Bertz CT molecular complexity index is 309. The van der Waals surface area contributed by atoms with Crippen LogP contribution in [0.5, 0.6) is 0 Å². The molecule has 0 aliphatic carbocycles. The fourth-order valence-corrected chi connectivity index (χ4v) is 2.15. The van der Waals surface area contributed by atoms with Gasteiger partial charge in [0.15, 0.2) is 0 Å². The standard InChI is InChI=1S/C14H28O4S/c1-2-3-4-5-6-7-8-9-10-11-12-13-14-18-19(15,16)17/h13-14H,2-12H2,1H3,(H,15,16,17). The van der Waals surface area contributed by atoms with Crippen LogP contribution in [0, 0.1) is 0 Å². The summed E-state index contributed by atoms with van der Waals surface area (Å²) in [5.41, 5.74) is 0. The number of unbranched alkanes of at least 4 members (excludes halogenated alkanes) is 10. The summed E-state index contributed by atoms with van der Waals surface area (Å²) in [6, 6.07) is 0. The molecule has 19 heavy (non-hydrogen) atoms. The van der Waals surface area contributed by atoms with Gasteiger partial charge in [-0.25, -0.2) is 0 Å². The summed E-state index contributed by atoms with van der Waals surface area (Å²) in [6.45, 7) is 2.23. The first-order valence-electron chi connectivity index (χ1n) is 7.37. The fourth-order valence-electron chi connectivity index (χ4n) is 1.93. The van der Waals surface area contributed by atoms with Gasteiger partial charge in [0.25, 0.3) is 0 Å². The van der Waals surface area contributed by atoms with Gasteiger partial charge in [0, 0.05) is 0 Å². The summed E-state index contributed by atoms with van der Waals surface area (Å²) in [5.74, 6) is 0. The highest BCUT2D eigenvalue weighted by atomic mass is 32.3. The van der Waals surface area contributed by atoms with Crippen LogP contribution in [0.15, 0.2) is 12.3 Å². The van der Waals surface area contributed by atoms with Crippen molar-refractivity contribution in [3.8, 4) is 0 Å². The summed E-state index contributed by atoms with van der Waals surface area (Å²) >= 11 is 0. The van der Waals surface area contributed by atoms with Gasteiger partial charge in [-0.15, -0.1) is 0 Å². The predicted molar refractivity (Wildman–Crippen MR) is 78.2 cm³/mol. The van der Waals surface area contributed by atoms with E-state index in [2.05, 4.69) is 11.1 Å². The average Bonchev–Trinajstić information content (AvgIpc) is 2.34. The SMILES string of the molecule is CCCCCCCCCCCCC=COS(=O)(=O)O. The first-order chi connectivity index (χ1) is 9.06. The van der Waals surface area contributed by atoms with E-state index in [1.54, 1.807) is 6.08 Å². The fraction of sp³-hybridized carbons (Fsp3) is 0.857. The largest absolute Gasteiger partial charge is 0.445 e. The molecule has 0 radical (unpaired) electrons. The molecule has 0 aliphatic rings. The van der Waals surface area contributed by atoms with Crippen molar-refractivity contribution in [2.24, 2.45) is 0 Å². The molecule has 0 rings (SSSR count). The predicted octanol–water partition coefficient (Wildman–Crippen LogP) is 4.63. The van der Waals surface area contributed by atoms with Crippen LogP contribution >= 0.6 is 0 Å². The van der Waals surface area contributed by atoms with Crippen LogP contribution in [0.3, 0.4) is 0 Å². The van der Waals surface area contributed by atoms with E-state index in [1.807, 2.05) is 0 Å². The van der Waals surface area contributed by atoms with Crippen LogP contribution in [-0.4, -0.2) is 13.0 Å². The Morgan fingerprint density at radius 3 is 1.84 bits per heavy atom. The van der Waals surface area contributed by atoms with Gasteiger partial charge in [0.05, 0.1) is 0 Å². The summed E-state index contributed by atoms with van der Waals surface area (Å²) in [5, 5.41) is 0. The van der Waals surface area contributed by atoms with E-state index in [-0.39, 0.29) is 0 Å². The van der Waals surface area contributed by atoms with Gasteiger partial charge in [-0.1, -0.05) is 64.7 Å². The lowest BCUT2D eigenvalue weighted by molar-refractivity contribution is 0.355. The van der Waals surface area contributed by atoms with Crippen molar-refractivity contribution in [2.45, 2.75) is 77.6 Å². The van der Waals surface area contributed by atoms with Gasteiger partial charge in [-0.05, 0) is 18.9 Å². The molecule has 0 saturated heterocycles. The third-order valence-electron chi connectivity index (χ3n) is 3.00. The lowest BCUT2D eigenvalue weighted by Crippen LogP contribution is -1.96. The third kappa shape index (κ3) is 17.4. The number of hydrogen-bond acceptors (Lipinski definition) is 3. The Kier molecular flexibility index (Phi) is 12.1. The van der Waals surface area contributed by atoms with Crippen LogP contribution in [-0.2, 0) is 14.6 Å². The smallest absolute Gasteiger partial charge is 0.370 e. The molecule has 0 aromatic rings. The molecular formula is C14H28O4S. The third-order valence-corrected chi connectivity index (χ3v) is 3.35. The van der Waals surface area contributed by atoms with Crippen molar-refractivity contribution in [3.63, 3.8) is 0 Å². The zero-order valence-corrected chi connectivity index (χ0v) is 12.8. The summed E-state index contributed by atoms with van der Waals surface area (Å²) < 4.78 is 32.8. The molecule has 0 bridgehead atoms. The normalized spacial score (nSPS) is 12.1. The maximum atomic E-state index is 10.2. The van der Waals surface area contributed by atoms with Crippen molar-refractivity contribution < 1.29 is 17.2 Å². The molecule has 0 amide bonds. The van der Waals surface area contributed by atoms with Crippen LogP contribution in [0.2, 0.25) is 0 Å². The Labute approximate surface area is 118 Å². The van der Waals surface area contributed by atoms with Crippen molar-refractivity contribution >= 4 is 10.4 Å². The number of allylic oxidation sites excluding steroid dienone is 1. The molecular weight excluding hydrogens is 264 g/mol. The van der Waals surface area contributed by atoms with Gasteiger partial charge >= 0.3 is 10.4 Å². The molecule has 0 unspecified atom stereocenters. The molecule has 4 nitrogen and oxygen atoms in total. The van der Waals surface area contributed by atoms with Gasteiger partial charge < -0.3 is 4.18 Å². The minimum absolute atomic E-state index is 0.784. The second-order valence-electron chi connectivity index (χ2n) is 4.87. The van der Waals surface area contributed by atoms with Crippen molar-refractivity contribution in [1.82, 2.24) is 0 Å². The molecule has 0 saturated carbocycles. The Hall–Kier alpha value is -0.550. The summed E-state index contributed by atoms with van der Waals surface area (Å²) in [7, 11) is -4.33. The Morgan fingerprint density at radius 1 is 0.895 bits per heavy atom. The first-order valence-corrected chi connectivity index (χ1v) is 8.73. The summed E-state index contributed by atoms with van der Waals surface area (Å²) in [6.07, 6.45) is 16.2. The van der Waals surface area contributed by atoms with Crippen molar-refractivity contribution in [1.29, 1.82) is 0 Å². The zero-order chi connectivity index (χ0) is 14.4. The molecule has 1 N–H and O–H groups in total. The first kappa shape index (κ1) is 18.4. The maximum Gasteiger partial charge on any atom is 0.445 e. The molecule has 0 atom stereocenters. The van der Waals surface area contributed by atoms with E-state index >= 15 is 0 Å². The second-order valence-corrected chi connectivity index (χ2v) is 5.91. The van der Waals surface area contributed by atoms with E-state index in [1.165, 1.54) is 51.4 Å². The van der Waals surface area contributed by atoms with Crippen LogP contribution in [0.25, 0.3) is 0 Å². The van der Waals surface area contributed by atoms with Crippen molar-refractivity contribution in [3.05, 3.63) is 12.3 Å². The van der Waals surface area contributed by atoms with Gasteiger partial charge in [-0.3, -0.25) is 4.55 Å². The summed E-state index contributed by atoms with van der Waals surface area (Å²) in [4.78, 5) is 0. The number of rotatable bonds is 13. The molecule has 0 heterocycles. The highest BCUT2D eigenvalue weighted by Crippen LogP contribution is 2.11. The van der Waals surface area contributed by atoms with Gasteiger partial charge in [0.2, 0.25) is 0 Å². The van der Waals surface area contributed by atoms with Crippen LogP contribution in [0.4, 0.5) is 0 Å². The molecule has 0 fully saturated rings. The Balaban J connectivity index is 3.15. The molecule has 0 aromatic heterocycles. The molecule has 0 spiro atoms. The van der Waals surface area contributed by atoms with E-state index in [4.69, 9.17) is 4.55 Å². The lowest BCUT2D eigenvalue weighted by Gasteiger charge is -2.01. The highest BCUT2D eigenvalue weighted by Gasteiger charge is 1.98. The van der Waals surface area contributed by atoms with E-state index < -0.39 is 10.4 Å². The average molecular weight is 292 g/mol. The molecule has 114 valence electrons. The van der Waals surface area contributed by atoms with Gasteiger partial charge in [0.1, 0.15) is 6.26 Å². The zero-order valence-electron chi connectivity index (χ0n) is 12.0. The number of hydrogen-bond donors (Lipinski definition) is 1. The van der Waals surface area contributed by atoms with E-state index in [9.17, 15) is 8.42 Å². The van der Waals surface area contributed by atoms with Crippen LogP contribution in [0.1, 0.15) is 77.6 Å². The highest BCUT2D eigenvalue weighted by molar-refractivity contribution is 7.81. The topological polar surface area (TPSA) is 63.6 Å². The van der Waals surface area contributed by atoms with E-state index in [0.29, 0.717) is 0 Å². The Morgan fingerprint density at radius 2 is 1.37 bits per heavy atom. The van der Waals surface area contributed by atoms with E-state index in [0.717, 1.165) is 25.5 Å². The lowest BCUT2D eigenvalue weighted by atomic mass is 10.1. The van der Waals surface area contributed by atoms with Gasteiger partial charge in [-0.2, -0.15) is 8.42 Å². The molecule has 0 aliphatic heterocycles. The molecule has 5 heteroatoms. The van der Waals surface area contributed by atoms with Crippen molar-refractivity contribution in [2.75, 3.05) is 0 Å². The quantitative estimate of drug-likeness (QED) is 0.305.